The van der Waals surface area contributed by atoms with E-state index in [1.54, 1.807) is 0 Å². The lowest BCUT2D eigenvalue weighted by Gasteiger charge is -2.06. The average Bonchev–Trinajstić information content (AvgIpc) is 2.16. The number of sulfone groups is 1. The highest BCUT2D eigenvalue weighted by Gasteiger charge is 2.01. The smallest absolute Gasteiger partial charge is 0.149 e. The maximum Gasteiger partial charge on any atom is 0.149 e. The number of benzene rings is 1. The van der Waals surface area contributed by atoms with Crippen LogP contribution in [0.5, 0.6) is 0 Å². The van der Waals surface area contributed by atoms with Crippen molar-refractivity contribution in [3.8, 4) is 0 Å². The Labute approximate surface area is 91.4 Å². The van der Waals surface area contributed by atoms with Gasteiger partial charge in [0, 0.05) is 18.5 Å². The van der Waals surface area contributed by atoms with Crippen molar-refractivity contribution in [2.45, 2.75) is 13.3 Å². The average molecular weight is 227 g/mol. The zero-order chi connectivity index (χ0) is 11.3. The van der Waals surface area contributed by atoms with Gasteiger partial charge in [0.25, 0.3) is 0 Å². The first-order valence-electron chi connectivity index (χ1n) is 5.02. The van der Waals surface area contributed by atoms with Gasteiger partial charge in [-0.05, 0) is 24.1 Å². The van der Waals surface area contributed by atoms with Gasteiger partial charge < -0.3 is 5.32 Å². The van der Waals surface area contributed by atoms with Gasteiger partial charge in [0.2, 0.25) is 0 Å². The lowest BCUT2D eigenvalue weighted by atomic mass is 10.1. The highest BCUT2D eigenvalue weighted by Crippen LogP contribution is 2.10. The van der Waals surface area contributed by atoms with E-state index in [-0.39, 0.29) is 5.75 Å². The number of nitrogens with one attached hydrogen (secondary N) is 1. The molecule has 0 amide bonds. The van der Waals surface area contributed by atoms with Gasteiger partial charge >= 0.3 is 0 Å². The molecule has 0 aliphatic carbocycles. The van der Waals surface area contributed by atoms with Crippen LogP contribution in [-0.4, -0.2) is 27.0 Å². The minimum Gasteiger partial charge on any atom is -0.384 e. The molecular formula is C11H17NO2S. The molecule has 1 aromatic carbocycles. The fraction of sp³-hybridized carbons (Fsp3) is 0.455. The fourth-order valence-electron chi connectivity index (χ4n) is 1.28. The van der Waals surface area contributed by atoms with Crippen molar-refractivity contribution < 1.29 is 8.42 Å². The van der Waals surface area contributed by atoms with E-state index in [1.165, 1.54) is 11.8 Å². The highest BCUT2D eigenvalue weighted by atomic mass is 32.2. The van der Waals surface area contributed by atoms with Gasteiger partial charge in [0.05, 0.1) is 5.75 Å². The first-order valence-corrected chi connectivity index (χ1v) is 7.08. The normalized spacial score (nSPS) is 11.3. The highest BCUT2D eigenvalue weighted by molar-refractivity contribution is 7.90. The first-order chi connectivity index (χ1) is 7.01. The summed E-state index contributed by atoms with van der Waals surface area (Å²) in [6.45, 7) is 2.56. The summed E-state index contributed by atoms with van der Waals surface area (Å²) in [5.74, 6) is 0.170. The van der Waals surface area contributed by atoms with Gasteiger partial charge in [0.1, 0.15) is 9.84 Å². The largest absolute Gasteiger partial charge is 0.384 e. The van der Waals surface area contributed by atoms with Crippen molar-refractivity contribution in [3.63, 3.8) is 0 Å². The molecule has 0 unspecified atom stereocenters. The van der Waals surface area contributed by atoms with E-state index in [0.29, 0.717) is 6.54 Å². The Morgan fingerprint density at radius 1 is 1.33 bits per heavy atom. The van der Waals surface area contributed by atoms with Gasteiger partial charge in [-0.1, -0.05) is 19.1 Å². The molecule has 84 valence electrons. The summed E-state index contributed by atoms with van der Waals surface area (Å²) in [4.78, 5) is 0. The van der Waals surface area contributed by atoms with Gasteiger partial charge in [-0.2, -0.15) is 0 Å². The number of hydrogen-bond donors (Lipinski definition) is 1. The van der Waals surface area contributed by atoms with Crippen molar-refractivity contribution >= 4 is 15.5 Å². The molecule has 0 bridgehead atoms. The molecule has 0 aliphatic heterocycles. The summed E-state index contributed by atoms with van der Waals surface area (Å²) in [6.07, 6.45) is 2.23. The molecule has 0 aromatic heterocycles. The van der Waals surface area contributed by atoms with Crippen molar-refractivity contribution in [1.82, 2.24) is 0 Å². The van der Waals surface area contributed by atoms with Crippen LogP contribution in [0.2, 0.25) is 0 Å². The second kappa shape index (κ2) is 5.16. The number of anilines is 1. The predicted molar refractivity (Wildman–Crippen MR) is 64.0 cm³/mol. The van der Waals surface area contributed by atoms with Crippen molar-refractivity contribution in [2.24, 2.45) is 0 Å². The topological polar surface area (TPSA) is 46.2 Å². The standard InChI is InChI=1S/C11H17NO2S/c1-3-10-5-4-6-11(9-10)12-7-8-15(2,13)14/h4-6,9,12H,3,7-8H2,1-2H3. The zero-order valence-corrected chi connectivity index (χ0v) is 9.97. The summed E-state index contributed by atoms with van der Waals surface area (Å²) in [6, 6.07) is 8.02. The Morgan fingerprint density at radius 3 is 2.67 bits per heavy atom. The van der Waals surface area contributed by atoms with E-state index < -0.39 is 9.84 Å². The SMILES string of the molecule is CCc1cccc(NCCS(C)(=O)=O)c1. The van der Waals surface area contributed by atoms with Crippen LogP contribution >= 0.6 is 0 Å². The Kier molecular flexibility index (Phi) is 4.15. The lowest BCUT2D eigenvalue weighted by Crippen LogP contribution is -2.14. The Bertz CT molecular complexity index is 412. The van der Waals surface area contributed by atoms with E-state index in [2.05, 4.69) is 18.3 Å². The van der Waals surface area contributed by atoms with E-state index >= 15 is 0 Å². The molecule has 0 radical (unpaired) electrons. The molecule has 0 saturated heterocycles. The maximum atomic E-state index is 10.9. The number of rotatable bonds is 5. The Balaban J connectivity index is 2.51. The molecule has 0 aliphatic rings. The van der Waals surface area contributed by atoms with Crippen LogP contribution in [0, 0.1) is 0 Å². The lowest BCUT2D eigenvalue weighted by molar-refractivity contribution is 0.602. The van der Waals surface area contributed by atoms with Gasteiger partial charge in [-0.15, -0.1) is 0 Å². The van der Waals surface area contributed by atoms with Crippen molar-refractivity contribution in [3.05, 3.63) is 29.8 Å². The summed E-state index contributed by atoms with van der Waals surface area (Å²) in [5.41, 5.74) is 2.23. The summed E-state index contributed by atoms with van der Waals surface area (Å²) in [7, 11) is -2.87. The Morgan fingerprint density at radius 2 is 2.07 bits per heavy atom. The van der Waals surface area contributed by atoms with Gasteiger partial charge in [-0.3, -0.25) is 0 Å². The molecule has 0 heterocycles. The molecule has 1 aromatic rings. The molecule has 0 fully saturated rings. The van der Waals surface area contributed by atoms with Crippen LogP contribution in [0.15, 0.2) is 24.3 Å². The molecular weight excluding hydrogens is 210 g/mol. The van der Waals surface area contributed by atoms with E-state index in [4.69, 9.17) is 0 Å². The second-order valence-electron chi connectivity index (χ2n) is 3.61. The molecule has 3 nitrogen and oxygen atoms in total. The minimum absolute atomic E-state index is 0.170. The third-order valence-corrected chi connectivity index (χ3v) is 3.08. The first kappa shape index (κ1) is 12.0. The molecule has 15 heavy (non-hydrogen) atoms. The molecule has 4 heteroatoms. The predicted octanol–water partition coefficient (Wildman–Crippen LogP) is 1.71. The van der Waals surface area contributed by atoms with E-state index in [9.17, 15) is 8.42 Å². The van der Waals surface area contributed by atoms with Gasteiger partial charge in [0.15, 0.2) is 0 Å². The fourth-order valence-corrected chi connectivity index (χ4v) is 1.75. The van der Waals surface area contributed by atoms with Crippen LogP contribution in [0.1, 0.15) is 12.5 Å². The van der Waals surface area contributed by atoms with Crippen LogP contribution in [-0.2, 0) is 16.3 Å². The van der Waals surface area contributed by atoms with Crippen molar-refractivity contribution in [1.29, 1.82) is 0 Å². The van der Waals surface area contributed by atoms with E-state index in [0.717, 1.165) is 12.1 Å². The monoisotopic (exact) mass is 227 g/mol. The zero-order valence-electron chi connectivity index (χ0n) is 9.16. The molecule has 0 spiro atoms. The Hall–Kier alpha value is -1.03. The number of aryl methyl sites for hydroxylation is 1. The van der Waals surface area contributed by atoms with Crippen LogP contribution in [0.4, 0.5) is 5.69 Å². The minimum atomic E-state index is -2.87. The molecule has 1 rings (SSSR count). The van der Waals surface area contributed by atoms with Crippen molar-refractivity contribution in [2.75, 3.05) is 23.9 Å². The molecule has 0 atom stereocenters. The van der Waals surface area contributed by atoms with Crippen LogP contribution < -0.4 is 5.32 Å². The second-order valence-corrected chi connectivity index (χ2v) is 5.87. The summed E-state index contributed by atoms with van der Waals surface area (Å²) >= 11 is 0. The third kappa shape index (κ3) is 4.83. The van der Waals surface area contributed by atoms with Gasteiger partial charge in [-0.25, -0.2) is 8.42 Å². The summed E-state index contributed by atoms with van der Waals surface area (Å²) in [5, 5.41) is 3.10. The third-order valence-electron chi connectivity index (χ3n) is 2.14. The molecule has 1 N–H and O–H groups in total. The maximum absolute atomic E-state index is 10.9. The summed E-state index contributed by atoms with van der Waals surface area (Å²) < 4.78 is 21.8. The number of hydrogen-bond acceptors (Lipinski definition) is 3. The van der Waals surface area contributed by atoms with Crippen LogP contribution in [0.25, 0.3) is 0 Å². The molecule has 0 saturated carbocycles. The van der Waals surface area contributed by atoms with Crippen LogP contribution in [0.3, 0.4) is 0 Å². The van der Waals surface area contributed by atoms with E-state index in [1.807, 2.05) is 18.2 Å². The quantitative estimate of drug-likeness (QED) is 0.833.